The first-order chi connectivity index (χ1) is 13.1. The second kappa shape index (κ2) is 7.96. The molecule has 2 heterocycles. The van der Waals surface area contributed by atoms with Crippen molar-refractivity contribution in [2.45, 2.75) is 31.4 Å². The van der Waals surface area contributed by atoms with Gasteiger partial charge >= 0.3 is 0 Å². The topological polar surface area (TPSA) is 78.9 Å². The van der Waals surface area contributed by atoms with Gasteiger partial charge in [-0.25, -0.2) is 0 Å². The fourth-order valence-corrected chi connectivity index (χ4v) is 4.92. The Kier molecular flexibility index (Phi) is 5.43. The fraction of sp³-hybridized carbons (Fsp3) is 0.500. The average molecular weight is 388 g/mol. The van der Waals surface area contributed by atoms with Crippen molar-refractivity contribution >= 4 is 33.2 Å². The molecule has 0 spiro atoms. The minimum Gasteiger partial charge on any atom is -0.391 e. The van der Waals surface area contributed by atoms with Crippen LogP contribution in [-0.4, -0.2) is 60.3 Å². The van der Waals surface area contributed by atoms with E-state index >= 15 is 0 Å². The second-order valence-corrected chi connectivity index (χ2v) is 8.15. The van der Waals surface area contributed by atoms with Gasteiger partial charge in [0.1, 0.15) is 0 Å². The highest BCUT2D eigenvalue weighted by atomic mass is 32.1. The van der Waals surface area contributed by atoms with Gasteiger partial charge in [-0.2, -0.15) is 0 Å². The number of thiophene rings is 1. The molecule has 2 aromatic rings. The number of ether oxygens (including phenoxy) is 1. The number of carbonyl (C=O) groups excluding carboxylic acids is 2. The van der Waals surface area contributed by atoms with Gasteiger partial charge in [0, 0.05) is 34.5 Å². The number of nitrogens with one attached hydrogen (secondary N) is 1. The van der Waals surface area contributed by atoms with Gasteiger partial charge in [0.2, 0.25) is 5.91 Å². The first-order valence-corrected chi connectivity index (χ1v) is 10.3. The molecule has 1 saturated heterocycles. The third-order valence-corrected chi connectivity index (χ3v) is 6.49. The van der Waals surface area contributed by atoms with Crippen LogP contribution in [0.15, 0.2) is 29.6 Å². The number of hydrogen-bond acceptors (Lipinski definition) is 5. The Morgan fingerprint density at radius 2 is 1.96 bits per heavy atom. The van der Waals surface area contributed by atoms with Gasteiger partial charge in [-0.1, -0.05) is 18.2 Å². The summed E-state index contributed by atoms with van der Waals surface area (Å²) in [6.45, 7) is 2.39. The van der Waals surface area contributed by atoms with Crippen molar-refractivity contribution in [2.24, 2.45) is 5.92 Å². The van der Waals surface area contributed by atoms with E-state index < -0.39 is 12.1 Å². The highest BCUT2D eigenvalue weighted by molar-refractivity contribution is 7.17. The predicted octanol–water partition coefficient (Wildman–Crippen LogP) is 2.02. The van der Waals surface area contributed by atoms with Crippen LogP contribution >= 0.6 is 11.3 Å². The van der Waals surface area contributed by atoms with E-state index in [1.807, 2.05) is 34.5 Å². The van der Waals surface area contributed by atoms with Crippen LogP contribution in [0.5, 0.6) is 0 Å². The molecule has 1 saturated carbocycles. The van der Waals surface area contributed by atoms with Crippen LogP contribution in [0.2, 0.25) is 0 Å². The third kappa shape index (κ3) is 3.85. The zero-order valence-electron chi connectivity index (χ0n) is 15.1. The standard InChI is InChI=1S/C20H24N2O4S/c23-17-6-5-13(20(25)22-7-9-26-10-8-22)11-16(17)21-19(24)15-12-27-18-4-2-1-3-14(15)18/h1-4,12-13,16-17,23H,5-11H2,(H,21,24)/t13-,16+,17+/m0/s1. The van der Waals surface area contributed by atoms with Crippen LogP contribution in [-0.2, 0) is 9.53 Å². The van der Waals surface area contributed by atoms with Crippen LogP contribution in [0.4, 0.5) is 0 Å². The monoisotopic (exact) mass is 388 g/mol. The molecule has 6 nitrogen and oxygen atoms in total. The van der Waals surface area contributed by atoms with Gasteiger partial charge in [-0.3, -0.25) is 9.59 Å². The number of morpholine rings is 1. The molecule has 2 N–H and O–H groups in total. The highest BCUT2D eigenvalue weighted by Gasteiger charge is 2.36. The van der Waals surface area contributed by atoms with Crippen LogP contribution in [0.1, 0.15) is 29.6 Å². The zero-order chi connectivity index (χ0) is 18.8. The maximum Gasteiger partial charge on any atom is 0.253 e. The average Bonchev–Trinajstić information content (AvgIpc) is 3.14. The number of nitrogens with zero attached hydrogens (tertiary/aromatic N) is 1. The molecule has 1 aromatic heterocycles. The van der Waals surface area contributed by atoms with Crippen molar-refractivity contribution in [2.75, 3.05) is 26.3 Å². The van der Waals surface area contributed by atoms with E-state index in [1.54, 1.807) is 0 Å². The van der Waals surface area contributed by atoms with Crippen molar-refractivity contribution in [3.05, 3.63) is 35.2 Å². The van der Waals surface area contributed by atoms with E-state index in [4.69, 9.17) is 4.74 Å². The molecular formula is C20H24N2O4S. The number of carbonyl (C=O) groups is 2. The van der Waals surface area contributed by atoms with Crippen LogP contribution in [0.25, 0.3) is 10.1 Å². The zero-order valence-corrected chi connectivity index (χ0v) is 15.9. The molecule has 2 fully saturated rings. The molecule has 0 bridgehead atoms. The van der Waals surface area contributed by atoms with Crippen molar-refractivity contribution in [1.82, 2.24) is 10.2 Å². The lowest BCUT2D eigenvalue weighted by molar-refractivity contribution is -0.141. The molecule has 2 amide bonds. The molecule has 4 rings (SSSR count). The predicted molar refractivity (Wildman–Crippen MR) is 104 cm³/mol. The Balaban J connectivity index is 1.44. The Morgan fingerprint density at radius 3 is 2.78 bits per heavy atom. The molecular weight excluding hydrogens is 364 g/mol. The molecule has 144 valence electrons. The van der Waals surface area contributed by atoms with Crippen molar-refractivity contribution < 1.29 is 19.4 Å². The number of aliphatic hydroxyl groups excluding tert-OH is 1. The van der Waals surface area contributed by atoms with Crippen molar-refractivity contribution in [3.8, 4) is 0 Å². The molecule has 3 atom stereocenters. The first-order valence-electron chi connectivity index (χ1n) is 9.45. The lowest BCUT2D eigenvalue weighted by Crippen LogP contribution is -2.51. The molecule has 1 aliphatic heterocycles. The number of hydrogen-bond donors (Lipinski definition) is 2. The maximum absolute atomic E-state index is 12.8. The van der Waals surface area contributed by atoms with E-state index in [0.717, 1.165) is 10.1 Å². The summed E-state index contributed by atoms with van der Waals surface area (Å²) < 4.78 is 6.38. The van der Waals surface area contributed by atoms with Gasteiger partial charge in [0.05, 0.1) is 30.9 Å². The first kappa shape index (κ1) is 18.4. The minimum atomic E-state index is -0.618. The number of rotatable bonds is 3. The fourth-order valence-electron chi connectivity index (χ4n) is 3.98. The van der Waals surface area contributed by atoms with Crippen molar-refractivity contribution in [1.29, 1.82) is 0 Å². The summed E-state index contributed by atoms with van der Waals surface area (Å²) in [7, 11) is 0. The summed E-state index contributed by atoms with van der Waals surface area (Å²) in [6, 6.07) is 7.39. The smallest absolute Gasteiger partial charge is 0.253 e. The SMILES string of the molecule is O=C(N[C@@H]1C[C@@H](C(=O)N2CCOCC2)CC[C@H]1O)c1csc2ccccc12. The Labute approximate surface area is 162 Å². The Bertz CT molecular complexity index is 830. The normalized spacial score (nSPS) is 26.1. The van der Waals surface area contributed by atoms with Crippen LogP contribution in [0.3, 0.4) is 0 Å². The van der Waals surface area contributed by atoms with Crippen LogP contribution in [0, 0.1) is 5.92 Å². The van der Waals surface area contributed by atoms with Gasteiger partial charge in [-0.05, 0) is 25.3 Å². The molecule has 1 aliphatic carbocycles. The molecule has 1 aromatic carbocycles. The molecule has 27 heavy (non-hydrogen) atoms. The van der Waals surface area contributed by atoms with Gasteiger partial charge in [-0.15, -0.1) is 11.3 Å². The quantitative estimate of drug-likeness (QED) is 0.843. The molecule has 0 radical (unpaired) electrons. The van der Waals surface area contributed by atoms with Gasteiger partial charge in [0.15, 0.2) is 0 Å². The van der Waals surface area contributed by atoms with Gasteiger partial charge < -0.3 is 20.1 Å². The van der Waals surface area contributed by atoms with E-state index in [1.165, 1.54) is 11.3 Å². The molecule has 7 heteroatoms. The Hall–Kier alpha value is -1.96. The van der Waals surface area contributed by atoms with Crippen molar-refractivity contribution in [3.63, 3.8) is 0 Å². The summed E-state index contributed by atoms with van der Waals surface area (Å²) in [5.41, 5.74) is 0.629. The van der Waals surface area contributed by atoms with E-state index in [2.05, 4.69) is 5.32 Å². The number of amides is 2. The number of aliphatic hydroxyl groups is 1. The number of benzene rings is 1. The summed E-state index contributed by atoms with van der Waals surface area (Å²) >= 11 is 1.53. The largest absolute Gasteiger partial charge is 0.391 e. The summed E-state index contributed by atoms with van der Waals surface area (Å²) in [6.07, 6.45) is 1.04. The number of fused-ring (bicyclic) bond motifs is 1. The maximum atomic E-state index is 12.8. The lowest BCUT2D eigenvalue weighted by Gasteiger charge is -2.36. The lowest BCUT2D eigenvalue weighted by atomic mass is 9.82. The molecule has 0 unspecified atom stereocenters. The highest BCUT2D eigenvalue weighted by Crippen LogP contribution is 2.29. The third-order valence-electron chi connectivity index (χ3n) is 5.53. The summed E-state index contributed by atoms with van der Waals surface area (Å²) in [4.78, 5) is 27.4. The Morgan fingerprint density at radius 1 is 1.19 bits per heavy atom. The van der Waals surface area contributed by atoms with Gasteiger partial charge in [0.25, 0.3) is 5.91 Å². The van der Waals surface area contributed by atoms with E-state index in [-0.39, 0.29) is 17.7 Å². The summed E-state index contributed by atoms with van der Waals surface area (Å²) in [5.74, 6) is -0.225. The second-order valence-electron chi connectivity index (χ2n) is 7.24. The summed E-state index contributed by atoms with van der Waals surface area (Å²) in [5, 5.41) is 16.1. The minimum absolute atomic E-state index is 0.116. The van der Waals surface area contributed by atoms with E-state index in [0.29, 0.717) is 51.1 Å². The molecule has 2 aliphatic rings. The van der Waals surface area contributed by atoms with Crippen LogP contribution < -0.4 is 5.32 Å². The van der Waals surface area contributed by atoms with E-state index in [9.17, 15) is 14.7 Å².